The molecule has 28 heavy (non-hydrogen) atoms. The molecule has 0 bridgehead atoms. The first-order chi connectivity index (χ1) is 13.8. The minimum atomic E-state index is 0.618. The van der Waals surface area contributed by atoms with Gasteiger partial charge in [-0.2, -0.15) is 0 Å². The van der Waals surface area contributed by atoms with Crippen molar-refractivity contribution >= 4 is 0 Å². The topological polar surface area (TPSA) is 47.5 Å². The number of ether oxygens (including phenoxy) is 2. The third-order valence-electron chi connectivity index (χ3n) is 4.74. The summed E-state index contributed by atoms with van der Waals surface area (Å²) in [6.45, 7) is 6.28. The maximum atomic E-state index is 5.72. The van der Waals surface area contributed by atoms with Gasteiger partial charge in [-0.15, -0.1) is 0 Å². The van der Waals surface area contributed by atoms with Gasteiger partial charge in [-0.25, -0.2) is 9.97 Å². The van der Waals surface area contributed by atoms with E-state index in [-0.39, 0.29) is 0 Å². The third-order valence-corrected chi connectivity index (χ3v) is 4.74. The van der Waals surface area contributed by atoms with Crippen LogP contribution < -0.4 is 9.47 Å². The minimum Gasteiger partial charge on any atom is -0.486 e. The lowest BCUT2D eigenvalue weighted by Crippen LogP contribution is -2.24. The van der Waals surface area contributed by atoms with Crippen LogP contribution in [0.3, 0.4) is 0 Å². The predicted octanol–water partition coefficient (Wildman–Crippen LogP) is 4.33. The quantitative estimate of drug-likeness (QED) is 0.615. The first-order valence-electron chi connectivity index (χ1n) is 9.79. The average molecular weight is 375 g/mol. The van der Waals surface area contributed by atoms with E-state index in [2.05, 4.69) is 58.2 Å². The van der Waals surface area contributed by atoms with Gasteiger partial charge in [-0.05, 0) is 42.3 Å². The Morgan fingerprint density at radius 1 is 0.857 bits per heavy atom. The average Bonchev–Trinajstić information content (AvgIpc) is 2.75. The van der Waals surface area contributed by atoms with Crippen molar-refractivity contribution in [3.8, 4) is 22.9 Å². The number of rotatable bonds is 7. The summed E-state index contributed by atoms with van der Waals surface area (Å²) in [6, 6.07) is 16.6. The molecule has 3 aromatic rings. The normalized spacial score (nSPS) is 12.9. The van der Waals surface area contributed by atoms with Crippen LogP contribution in [-0.4, -0.2) is 34.6 Å². The van der Waals surface area contributed by atoms with Gasteiger partial charge >= 0.3 is 0 Å². The van der Waals surface area contributed by atoms with Gasteiger partial charge in [-0.1, -0.05) is 37.3 Å². The fourth-order valence-corrected chi connectivity index (χ4v) is 3.44. The molecule has 2 aromatic carbocycles. The van der Waals surface area contributed by atoms with Crippen molar-refractivity contribution < 1.29 is 9.47 Å². The van der Waals surface area contributed by atoms with Crippen molar-refractivity contribution in [1.82, 2.24) is 14.9 Å². The van der Waals surface area contributed by atoms with Crippen LogP contribution in [-0.2, 0) is 13.1 Å². The molecule has 0 amide bonds. The van der Waals surface area contributed by atoms with E-state index in [9.17, 15) is 0 Å². The Balaban J connectivity index is 1.45. The summed E-state index contributed by atoms with van der Waals surface area (Å²) in [6.07, 6.45) is 4.65. The summed E-state index contributed by atoms with van der Waals surface area (Å²) in [7, 11) is 0. The standard InChI is InChI=1S/C23H25N3O2/c1-2-12-26(17-19-6-9-21-22(15-19)28-14-13-27-21)16-18-4-7-20(8-5-18)23-24-10-3-11-25-23/h3-11,15H,2,12-14,16-17H2,1H3. The molecule has 144 valence electrons. The van der Waals surface area contributed by atoms with Crippen LogP contribution in [0.5, 0.6) is 11.5 Å². The van der Waals surface area contributed by atoms with Gasteiger partial charge in [0.25, 0.3) is 0 Å². The van der Waals surface area contributed by atoms with Crippen molar-refractivity contribution in [2.24, 2.45) is 0 Å². The SMILES string of the molecule is CCCN(Cc1ccc(-c2ncccn2)cc1)Cc1ccc2c(c1)OCCO2. The summed E-state index contributed by atoms with van der Waals surface area (Å²) in [5.41, 5.74) is 3.57. The molecule has 0 saturated carbocycles. The molecular formula is C23H25N3O2. The third kappa shape index (κ3) is 4.49. The zero-order chi connectivity index (χ0) is 19.2. The van der Waals surface area contributed by atoms with Crippen LogP contribution in [0.2, 0.25) is 0 Å². The highest BCUT2D eigenvalue weighted by molar-refractivity contribution is 5.54. The summed E-state index contributed by atoms with van der Waals surface area (Å²) in [4.78, 5) is 11.1. The summed E-state index contributed by atoms with van der Waals surface area (Å²) in [5.74, 6) is 2.46. The number of fused-ring (bicyclic) bond motifs is 1. The Bertz CT molecular complexity index is 897. The number of aromatic nitrogens is 2. The predicted molar refractivity (Wildman–Crippen MR) is 109 cm³/mol. The van der Waals surface area contributed by atoms with Crippen LogP contribution in [0.4, 0.5) is 0 Å². The van der Waals surface area contributed by atoms with E-state index in [1.54, 1.807) is 12.4 Å². The molecule has 5 heteroatoms. The molecule has 0 N–H and O–H groups in total. The molecule has 5 nitrogen and oxygen atoms in total. The monoisotopic (exact) mass is 375 g/mol. The van der Waals surface area contributed by atoms with Crippen molar-refractivity contribution in [1.29, 1.82) is 0 Å². The Morgan fingerprint density at radius 2 is 1.54 bits per heavy atom. The molecular weight excluding hydrogens is 350 g/mol. The van der Waals surface area contributed by atoms with Crippen molar-refractivity contribution in [3.63, 3.8) is 0 Å². The van der Waals surface area contributed by atoms with E-state index in [4.69, 9.17) is 9.47 Å². The molecule has 4 rings (SSSR count). The second kappa shape index (κ2) is 8.85. The van der Waals surface area contributed by atoms with Crippen LogP contribution in [0.25, 0.3) is 11.4 Å². The van der Waals surface area contributed by atoms with E-state index >= 15 is 0 Å². The minimum absolute atomic E-state index is 0.618. The van der Waals surface area contributed by atoms with E-state index in [0.29, 0.717) is 13.2 Å². The van der Waals surface area contributed by atoms with E-state index in [1.807, 2.05) is 12.1 Å². The van der Waals surface area contributed by atoms with Gasteiger partial charge in [0, 0.05) is 31.0 Å². The fourth-order valence-electron chi connectivity index (χ4n) is 3.44. The summed E-state index contributed by atoms with van der Waals surface area (Å²) >= 11 is 0. The van der Waals surface area contributed by atoms with Crippen molar-refractivity contribution in [2.45, 2.75) is 26.4 Å². The second-order valence-electron chi connectivity index (χ2n) is 6.96. The Hall–Kier alpha value is -2.92. The first kappa shape index (κ1) is 18.4. The zero-order valence-corrected chi connectivity index (χ0v) is 16.2. The van der Waals surface area contributed by atoms with E-state index in [1.165, 1.54) is 11.1 Å². The van der Waals surface area contributed by atoms with Crippen molar-refractivity contribution in [3.05, 3.63) is 72.1 Å². The van der Waals surface area contributed by atoms with Gasteiger partial charge in [-0.3, -0.25) is 4.90 Å². The van der Waals surface area contributed by atoms with Crippen LogP contribution in [0, 0.1) is 0 Å². The Labute approximate surface area is 166 Å². The number of nitrogens with zero attached hydrogens (tertiary/aromatic N) is 3. The molecule has 0 aliphatic carbocycles. The van der Waals surface area contributed by atoms with Crippen LogP contribution in [0.15, 0.2) is 60.9 Å². The summed E-state index contributed by atoms with van der Waals surface area (Å²) in [5, 5.41) is 0. The largest absolute Gasteiger partial charge is 0.486 e. The van der Waals surface area contributed by atoms with Crippen molar-refractivity contribution in [2.75, 3.05) is 19.8 Å². The van der Waals surface area contributed by atoms with E-state index < -0.39 is 0 Å². The van der Waals surface area contributed by atoms with Crippen LogP contribution >= 0.6 is 0 Å². The number of hydrogen-bond acceptors (Lipinski definition) is 5. The van der Waals surface area contributed by atoms with E-state index in [0.717, 1.165) is 48.9 Å². The molecule has 0 atom stereocenters. The van der Waals surface area contributed by atoms with Crippen LogP contribution in [0.1, 0.15) is 24.5 Å². The number of benzene rings is 2. The highest BCUT2D eigenvalue weighted by Crippen LogP contribution is 2.31. The molecule has 0 saturated heterocycles. The molecule has 0 radical (unpaired) electrons. The maximum Gasteiger partial charge on any atom is 0.161 e. The highest BCUT2D eigenvalue weighted by Gasteiger charge is 2.13. The van der Waals surface area contributed by atoms with Gasteiger partial charge in [0.2, 0.25) is 0 Å². The van der Waals surface area contributed by atoms with Gasteiger partial charge in [0.05, 0.1) is 0 Å². The smallest absolute Gasteiger partial charge is 0.161 e. The first-order valence-corrected chi connectivity index (χ1v) is 9.79. The fraction of sp³-hybridized carbons (Fsp3) is 0.304. The number of hydrogen-bond donors (Lipinski definition) is 0. The lowest BCUT2D eigenvalue weighted by atomic mass is 10.1. The lowest BCUT2D eigenvalue weighted by molar-refractivity contribution is 0.171. The molecule has 1 aromatic heterocycles. The Morgan fingerprint density at radius 3 is 2.29 bits per heavy atom. The molecule has 0 fully saturated rings. The molecule has 1 aliphatic heterocycles. The van der Waals surface area contributed by atoms with Gasteiger partial charge in [0.1, 0.15) is 13.2 Å². The zero-order valence-electron chi connectivity index (χ0n) is 16.2. The van der Waals surface area contributed by atoms with Gasteiger partial charge < -0.3 is 9.47 Å². The van der Waals surface area contributed by atoms with Gasteiger partial charge in [0.15, 0.2) is 17.3 Å². The summed E-state index contributed by atoms with van der Waals surface area (Å²) < 4.78 is 11.3. The Kier molecular flexibility index (Phi) is 5.83. The molecule has 0 spiro atoms. The molecule has 1 aliphatic rings. The maximum absolute atomic E-state index is 5.72. The lowest BCUT2D eigenvalue weighted by Gasteiger charge is -2.24. The molecule has 2 heterocycles. The molecule has 0 unspecified atom stereocenters. The second-order valence-corrected chi connectivity index (χ2v) is 6.96. The highest BCUT2D eigenvalue weighted by atomic mass is 16.6.